The van der Waals surface area contributed by atoms with Crippen LogP contribution in [0.2, 0.25) is 0 Å². The lowest BCUT2D eigenvalue weighted by Crippen LogP contribution is -2.48. The van der Waals surface area contributed by atoms with Gasteiger partial charge in [-0.2, -0.15) is 0 Å². The first-order valence-corrected chi connectivity index (χ1v) is 9.13. The van der Waals surface area contributed by atoms with E-state index in [0.29, 0.717) is 0 Å². The van der Waals surface area contributed by atoms with Crippen LogP contribution in [0.1, 0.15) is 32.6 Å². The number of rotatable bonds is 4. The molecule has 3 nitrogen and oxygen atoms in total. The van der Waals surface area contributed by atoms with Crippen molar-refractivity contribution in [3.05, 3.63) is 57.3 Å². The summed E-state index contributed by atoms with van der Waals surface area (Å²) in [5.74, 6) is 0.199. The predicted octanol–water partition coefficient (Wildman–Crippen LogP) is 3.58. The number of thiophene rings is 1. The van der Waals surface area contributed by atoms with Gasteiger partial charge >= 0.3 is 0 Å². The van der Waals surface area contributed by atoms with Crippen molar-refractivity contribution in [1.29, 1.82) is 0 Å². The molecule has 0 radical (unpaired) electrons. The number of carbonyl (C=O) groups excluding carboxylic acids is 1. The van der Waals surface area contributed by atoms with Gasteiger partial charge in [-0.05, 0) is 31.0 Å². The molecule has 122 valence electrons. The van der Waals surface area contributed by atoms with Crippen molar-refractivity contribution in [2.75, 3.05) is 26.2 Å². The molecule has 1 aliphatic rings. The van der Waals surface area contributed by atoms with Gasteiger partial charge in [-0.25, -0.2) is 0 Å². The predicted molar refractivity (Wildman–Crippen MR) is 96.1 cm³/mol. The number of hydrogen-bond acceptors (Lipinski definition) is 3. The van der Waals surface area contributed by atoms with Crippen molar-refractivity contribution in [2.45, 2.75) is 26.8 Å². The summed E-state index contributed by atoms with van der Waals surface area (Å²) in [4.78, 5) is 19.1. The molecular formula is C19H24N2OS. The van der Waals surface area contributed by atoms with Crippen molar-refractivity contribution in [3.8, 4) is 0 Å². The molecule has 1 aliphatic heterocycles. The zero-order chi connectivity index (χ0) is 16.2. The summed E-state index contributed by atoms with van der Waals surface area (Å²) in [5.41, 5.74) is 2.65. The first-order chi connectivity index (χ1) is 11.2. The average molecular weight is 328 g/mol. The molecule has 4 heteroatoms. The van der Waals surface area contributed by atoms with Crippen molar-refractivity contribution in [2.24, 2.45) is 0 Å². The van der Waals surface area contributed by atoms with E-state index >= 15 is 0 Å². The Morgan fingerprint density at radius 3 is 2.35 bits per heavy atom. The first-order valence-electron chi connectivity index (χ1n) is 8.31. The number of amides is 1. The fourth-order valence-corrected chi connectivity index (χ4v) is 3.81. The highest BCUT2D eigenvalue weighted by atomic mass is 32.1. The van der Waals surface area contributed by atoms with Crippen molar-refractivity contribution in [3.63, 3.8) is 0 Å². The number of hydrogen-bond donors (Lipinski definition) is 0. The Hall–Kier alpha value is -1.65. The van der Waals surface area contributed by atoms with Crippen LogP contribution < -0.4 is 0 Å². The zero-order valence-corrected chi connectivity index (χ0v) is 14.7. The molecule has 0 atom stereocenters. The summed E-state index contributed by atoms with van der Waals surface area (Å²) >= 11 is 1.63. The lowest BCUT2D eigenvalue weighted by Gasteiger charge is -2.34. The van der Waals surface area contributed by atoms with Crippen LogP contribution in [0.15, 0.2) is 36.4 Å². The summed E-state index contributed by atoms with van der Waals surface area (Å²) < 4.78 is 0. The van der Waals surface area contributed by atoms with Gasteiger partial charge in [0.05, 0.1) is 4.88 Å². The Kier molecular flexibility index (Phi) is 5.13. The van der Waals surface area contributed by atoms with Gasteiger partial charge in [-0.1, -0.05) is 36.8 Å². The molecule has 0 spiro atoms. The van der Waals surface area contributed by atoms with Crippen LogP contribution in [-0.2, 0) is 13.0 Å². The molecule has 0 unspecified atom stereocenters. The van der Waals surface area contributed by atoms with Gasteiger partial charge in [-0.3, -0.25) is 9.69 Å². The van der Waals surface area contributed by atoms with Crippen LogP contribution in [0.3, 0.4) is 0 Å². The van der Waals surface area contributed by atoms with Crippen molar-refractivity contribution in [1.82, 2.24) is 9.80 Å². The zero-order valence-electron chi connectivity index (χ0n) is 13.9. The molecular weight excluding hydrogens is 304 g/mol. The van der Waals surface area contributed by atoms with Crippen LogP contribution in [0, 0.1) is 6.92 Å². The monoisotopic (exact) mass is 328 g/mol. The van der Waals surface area contributed by atoms with Crippen LogP contribution in [-0.4, -0.2) is 41.9 Å². The van der Waals surface area contributed by atoms with Gasteiger partial charge in [0.2, 0.25) is 0 Å². The van der Waals surface area contributed by atoms with E-state index < -0.39 is 0 Å². The molecule has 0 saturated carbocycles. The van der Waals surface area contributed by atoms with E-state index in [1.54, 1.807) is 11.3 Å². The minimum Gasteiger partial charge on any atom is -0.335 e. The standard InChI is InChI=1S/C19H24N2OS/c1-3-17-8-9-18(23-17)19(22)21-12-10-20(11-13-21)14-16-6-4-15(2)5-7-16/h4-9H,3,10-14H2,1-2H3. The third kappa shape index (κ3) is 4.01. The van der Waals surface area contributed by atoms with E-state index in [1.165, 1.54) is 16.0 Å². The van der Waals surface area contributed by atoms with Crippen LogP contribution in [0.5, 0.6) is 0 Å². The SMILES string of the molecule is CCc1ccc(C(=O)N2CCN(Cc3ccc(C)cc3)CC2)s1. The second kappa shape index (κ2) is 7.28. The van der Waals surface area contributed by atoms with E-state index in [1.807, 2.05) is 11.0 Å². The smallest absolute Gasteiger partial charge is 0.264 e. The number of carbonyl (C=O) groups is 1. The lowest BCUT2D eigenvalue weighted by molar-refractivity contribution is 0.0633. The summed E-state index contributed by atoms with van der Waals surface area (Å²) in [6, 6.07) is 12.8. The summed E-state index contributed by atoms with van der Waals surface area (Å²) in [6.45, 7) is 8.76. The highest BCUT2D eigenvalue weighted by Gasteiger charge is 2.23. The van der Waals surface area contributed by atoms with Crippen molar-refractivity contribution >= 4 is 17.2 Å². The molecule has 1 amide bonds. The number of benzene rings is 1. The van der Waals surface area contributed by atoms with Gasteiger partial charge in [0.1, 0.15) is 0 Å². The number of piperazine rings is 1. The highest BCUT2D eigenvalue weighted by Crippen LogP contribution is 2.20. The number of aryl methyl sites for hydroxylation is 2. The van der Waals surface area contributed by atoms with Crippen molar-refractivity contribution < 1.29 is 4.79 Å². The van der Waals surface area contributed by atoms with E-state index in [4.69, 9.17) is 0 Å². The number of nitrogens with zero attached hydrogens (tertiary/aromatic N) is 2. The second-order valence-electron chi connectivity index (χ2n) is 6.17. The Morgan fingerprint density at radius 2 is 1.74 bits per heavy atom. The van der Waals surface area contributed by atoms with Gasteiger partial charge in [-0.15, -0.1) is 11.3 Å². The second-order valence-corrected chi connectivity index (χ2v) is 7.34. The van der Waals surface area contributed by atoms with E-state index in [-0.39, 0.29) is 5.91 Å². The molecule has 1 aromatic carbocycles. The minimum atomic E-state index is 0.199. The average Bonchev–Trinajstić information content (AvgIpc) is 3.06. The fraction of sp³-hybridized carbons (Fsp3) is 0.421. The Bertz CT molecular complexity index is 654. The fourth-order valence-electron chi connectivity index (χ4n) is 2.90. The Morgan fingerprint density at radius 1 is 1.04 bits per heavy atom. The maximum Gasteiger partial charge on any atom is 0.264 e. The normalized spacial score (nSPS) is 15.8. The summed E-state index contributed by atoms with van der Waals surface area (Å²) in [6.07, 6.45) is 1.00. The van der Waals surface area contributed by atoms with Gasteiger partial charge in [0, 0.05) is 37.6 Å². The van der Waals surface area contributed by atoms with E-state index in [2.05, 4.69) is 49.1 Å². The topological polar surface area (TPSA) is 23.6 Å². The molecule has 0 bridgehead atoms. The molecule has 0 aliphatic carbocycles. The molecule has 0 N–H and O–H groups in total. The Labute approximate surface area is 142 Å². The maximum atomic E-state index is 12.5. The minimum absolute atomic E-state index is 0.199. The third-order valence-electron chi connectivity index (χ3n) is 4.41. The van der Waals surface area contributed by atoms with Crippen LogP contribution >= 0.6 is 11.3 Å². The maximum absolute atomic E-state index is 12.5. The summed E-state index contributed by atoms with van der Waals surface area (Å²) in [7, 11) is 0. The summed E-state index contributed by atoms with van der Waals surface area (Å²) in [5, 5.41) is 0. The quantitative estimate of drug-likeness (QED) is 0.856. The highest BCUT2D eigenvalue weighted by molar-refractivity contribution is 7.14. The molecule has 23 heavy (non-hydrogen) atoms. The molecule has 1 aromatic heterocycles. The largest absolute Gasteiger partial charge is 0.335 e. The van der Waals surface area contributed by atoms with Gasteiger partial charge in [0.25, 0.3) is 5.91 Å². The van der Waals surface area contributed by atoms with Gasteiger partial charge < -0.3 is 4.90 Å². The Balaban J connectivity index is 1.53. The van der Waals surface area contributed by atoms with Gasteiger partial charge in [0.15, 0.2) is 0 Å². The van der Waals surface area contributed by atoms with Crippen LogP contribution in [0.4, 0.5) is 0 Å². The van der Waals surface area contributed by atoms with Crippen LogP contribution in [0.25, 0.3) is 0 Å². The molecule has 1 saturated heterocycles. The van der Waals surface area contributed by atoms with E-state index in [9.17, 15) is 4.79 Å². The third-order valence-corrected chi connectivity index (χ3v) is 5.62. The van der Waals surface area contributed by atoms with E-state index in [0.717, 1.165) is 44.0 Å². The molecule has 1 fully saturated rings. The first kappa shape index (κ1) is 16.2. The lowest BCUT2D eigenvalue weighted by atomic mass is 10.1. The molecule has 2 heterocycles. The molecule has 3 rings (SSSR count). The molecule has 2 aromatic rings.